The monoisotopic (exact) mass is 521 g/mol. The molecular formula is C31H39NO6. The van der Waals surface area contributed by atoms with Crippen molar-refractivity contribution in [3.63, 3.8) is 0 Å². The van der Waals surface area contributed by atoms with Gasteiger partial charge in [-0.2, -0.15) is 0 Å². The van der Waals surface area contributed by atoms with Gasteiger partial charge in [-0.3, -0.25) is 0 Å². The Kier molecular flexibility index (Phi) is 11.7. The summed E-state index contributed by atoms with van der Waals surface area (Å²) in [6, 6.07) is 30.1. The van der Waals surface area contributed by atoms with Crippen LogP contribution in [-0.2, 0) is 43.5 Å². The molecule has 7 nitrogen and oxygen atoms in total. The zero-order chi connectivity index (χ0) is 26.4. The Morgan fingerprint density at radius 3 is 1.87 bits per heavy atom. The fourth-order valence-electron chi connectivity index (χ4n) is 4.53. The van der Waals surface area contributed by atoms with Crippen LogP contribution >= 0.6 is 0 Å². The largest absolute Gasteiger partial charge is 0.389 e. The van der Waals surface area contributed by atoms with Gasteiger partial charge < -0.3 is 34.1 Å². The predicted molar refractivity (Wildman–Crippen MR) is 146 cm³/mol. The smallest absolute Gasteiger partial charge is 0.114 e. The second-order valence-corrected chi connectivity index (χ2v) is 9.52. The van der Waals surface area contributed by atoms with Crippen molar-refractivity contribution in [1.29, 1.82) is 0 Å². The predicted octanol–water partition coefficient (Wildman–Crippen LogP) is 3.74. The van der Waals surface area contributed by atoms with Crippen LogP contribution in [0.5, 0.6) is 0 Å². The summed E-state index contributed by atoms with van der Waals surface area (Å²) in [6.07, 6.45) is -1.66. The third-order valence-corrected chi connectivity index (χ3v) is 6.52. The van der Waals surface area contributed by atoms with Crippen LogP contribution in [0.2, 0.25) is 0 Å². The quantitative estimate of drug-likeness (QED) is 0.316. The summed E-state index contributed by atoms with van der Waals surface area (Å²) in [5.41, 5.74) is 3.26. The van der Waals surface area contributed by atoms with Gasteiger partial charge in [0.1, 0.15) is 18.3 Å². The topological polar surface area (TPSA) is 78.4 Å². The van der Waals surface area contributed by atoms with Crippen molar-refractivity contribution in [3.05, 3.63) is 108 Å². The maximum absolute atomic E-state index is 10.2. The first-order chi connectivity index (χ1) is 18.7. The van der Waals surface area contributed by atoms with Crippen molar-refractivity contribution >= 4 is 0 Å². The molecule has 0 aromatic heterocycles. The third kappa shape index (κ3) is 8.99. The fraction of sp³-hybridized carbons (Fsp3) is 0.419. The molecule has 38 heavy (non-hydrogen) atoms. The lowest BCUT2D eigenvalue weighted by Gasteiger charge is -2.43. The lowest BCUT2D eigenvalue weighted by Crippen LogP contribution is -2.61. The van der Waals surface area contributed by atoms with E-state index in [2.05, 4.69) is 5.32 Å². The molecule has 3 aromatic carbocycles. The molecule has 1 aliphatic rings. The van der Waals surface area contributed by atoms with Gasteiger partial charge in [0.05, 0.1) is 51.8 Å². The maximum atomic E-state index is 10.2. The Balaban J connectivity index is 1.48. The van der Waals surface area contributed by atoms with E-state index in [-0.39, 0.29) is 31.0 Å². The molecule has 0 bridgehead atoms. The Bertz CT molecular complexity index is 1020. The normalized spacial score (nSPS) is 22.3. The van der Waals surface area contributed by atoms with Crippen LogP contribution in [0.15, 0.2) is 91.0 Å². The summed E-state index contributed by atoms with van der Waals surface area (Å²) >= 11 is 0. The molecule has 1 heterocycles. The molecule has 204 valence electrons. The molecule has 0 spiro atoms. The average molecular weight is 522 g/mol. The number of aliphatic hydroxyl groups excluding tert-OH is 1. The number of hydrogen-bond donors (Lipinski definition) is 2. The summed E-state index contributed by atoms with van der Waals surface area (Å²) < 4.78 is 30.5. The van der Waals surface area contributed by atoms with E-state index >= 15 is 0 Å². The molecule has 0 aliphatic carbocycles. The zero-order valence-electron chi connectivity index (χ0n) is 22.0. The Morgan fingerprint density at radius 1 is 0.789 bits per heavy atom. The highest BCUT2D eigenvalue weighted by Gasteiger charge is 2.42. The van der Waals surface area contributed by atoms with Gasteiger partial charge in [0.15, 0.2) is 0 Å². The van der Waals surface area contributed by atoms with Gasteiger partial charge >= 0.3 is 0 Å². The number of ether oxygens (including phenoxy) is 5. The Morgan fingerprint density at radius 2 is 1.32 bits per heavy atom. The molecule has 0 radical (unpaired) electrons. The second kappa shape index (κ2) is 15.7. The van der Waals surface area contributed by atoms with Gasteiger partial charge in [0.25, 0.3) is 0 Å². The first-order valence-electron chi connectivity index (χ1n) is 13.2. The summed E-state index contributed by atoms with van der Waals surface area (Å²) in [7, 11) is 1.58. The highest BCUT2D eigenvalue weighted by atomic mass is 16.6. The molecule has 4 rings (SSSR count). The van der Waals surface area contributed by atoms with Crippen LogP contribution in [0, 0.1) is 0 Å². The minimum atomic E-state index is -0.634. The molecule has 1 aliphatic heterocycles. The lowest BCUT2D eigenvalue weighted by molar-refractivity contribution is -0.209. The van der Waals surface area contributed by atoms with E-state index in [1.54, 1.807) is 7.11 Å². The van der Waals surface area contributed by atoms with Gasteiger partial charge in [0, 0.05) is 13.7 Å². The Hall–Kier alpha value is -2.62. The van der Waals surface area contributed by atoms with Gasteiger partial charge in [-0.05, 0) is 16.7 Å². The number of nitrogens with one attached hydrogen (secondary N) is 1. The Labute approximate surface area is 225 Å². The first kappa shape index (κ1) is 28.4. The summed E-state index contributed by atoms with van der Waals surface area (Å²) in [6.45, 7) is 2.74. The number of hydrogen-bond acceptors (Lipinski definition) is 7. The highest BCUT2D eigenvalue weighted by Crippen LogP contribution is 2.25. The van der Waals surface area contributed by atoms with Crippen molar-refractivity contribution in [1.82, 2.24) is 5.32 Å². The van der Waals surface area contributed by atoms with Crippen LogP contribution < -0.4 is 5.32 Å². The summed E-state index contributed by atoms with van der Waals surface area (Å²) in [5.74, 6) is 0. The van der Waals surface area contributed by atoms with Crippen molar-refractivity contribution < 1.29 is 28.8 Å². The first-order valence-corrected chi connectivity index (χ1v) is 13.2. The molecular weight excluding hydrogens is 482 g/mol. The fourth-order valence-corrected chi connectivity index (χ4v) is 4.53. The van der Waals surface area contributed by atoms with Gasteiger partial charge in [-0.15, -0.1) is 0 Å². The minimum absolute atomic E-state index is 0.184. The second-order valence-electron chi connectivity index (χ2n) is 9.52. The molecule has 5 atom stereocenters. The van der Waals surface area contributed by atoms with E-state index < -0.39 is 6.10 Å². The van der Waals surface area contributed by atoms with Crippen molar-refractivity contribution in [3.8, 4) is 0 Å². The highest BCUT2D eigenvalue weighted by molar-refractivity contribution is 5.15. The summed E-state index contributed by atoms with van der Waals surface area (Å²) in [4.78, 5) is 0. The van der Waals surface area contributed by atoms with Crippen LogP contribution in [0.4, 0.5) is 0 Å². The van der Waals surface area contributed by atoms with E-state index in [1.165, 1.54) is 0 Å². The zero-order valence-corrected chi connectivity index (χ0v) is 22.0. The molecule has 2 N–H and O–H groups in total. The van der Waals surface area contributed by atoms with E-state index in [9.17, 15) is 5.11 Å². The molecule has 1 saturated heterocycles. The van der Waals surface area contributed by atoms with Crippen molar-refractivity contribution in [2.45, 2.75) is 50.3 Å². The molecule has 1 fully saturated rings. The SMILES string of the molecule is COC[C@@H](O)CN[C@H]1CO[C@H](COCc2ccccc2)[C@H](OCc2ccccc2)[C@@H]1OCc1ccccc1. The number of methoxy groups -OCH3 is 1. The van der Waals surface area contributed by atoms with Gasteiger partial charge in [-0.25, -0.2) is 0 Å². The van der Waals surface area contributed by atoms with Crippen LogP contribution in [0.3, 0.4) is 0 Å². The van der Waals surface area contributed by atoms with Crippen LogP contribution in [-0.4, -0.2) is 69.0 Å². The minimum Gasteiger partial charge on any atom is -0.389 e. The molecule has 0 saturated carbocycles. The van der Waals surface area contributed by atoms with Gasteiger partial charge in [-0.1, -0.05) is 91.0 Å². The van der Waals surface area contributed by atoms with Crippen LogP contribution in [0.1, 0.15) is 16.7 Å². The third-order valence-electron chi connectivity index (χ3n) is 6.52. The van der Waals surface area contributed by atoms with E-state index in [0.29, 0.717) is 39.6 Å². The lowest BCUT2D eigenvalue weighted by atomic mass is 9.97. The molecule has 7 heteroatoms. The number of rotatable bonds is 15. The standard InChI is InChI=1S/C31H39NO6/c1-34-21-27(33)17-32-28-22-36-29(23-35-18-24-11-5-2-6-12-24)31(38-20-26-15-9-4-10-16-26)30(28)37-19-25-13-7-3-8-14-25/h2-16,27-33H,17-23H2,1H3/t27-,28-,29+,30+,31-/m0/s1. The van der Waals surface area contributed by atoms with E-state index in [1.807, 2.05) is 91.0 Å². The average Bonchev–Trinajstić information content (AvgIpc) is 2.96. The van der Waals surface area contributed by atoms with Crippen molar-refractivity contribution in [2.24, 2.45) is 0 Å². The van der Waals surface area contributed by atoms with E-state index in [0.717, 1.165) is 16.7 Å². The maximum Gasteiger partial charge on any atom is 0.114 e. The molecule has 3 aromatic rings. The van der Waals surface area contributed by atoms with E-state index in [4.69, 9.17) is 23.7 Å². The summed E-state index contributed by atoms with van der Waals surface area (Å²) in [5, 5.41) is 13.7. The number of aliphatic hydroxyl groups is 1. The van der Waals surface area contributed by atoms with Crippen LogP contribution in [0.25, 0.3) is 0 Å². The van der Waals surface area contributed by atoms with Crippen molar-refractivity contribution in [2.75, 3.05) is 33.5 Å². The number of benzene rings is 3. The van der Waals surface area contributed by atoms with Gasteiger partial charge in [0.2, 0.25) is 0 Å². The molecule has 0 unspecified atom stereocenters. The molecule has 0 amide bonds.